The molecular formula is C18H11F4N5O2. The van der Waals surface area contributed by atoms with Crippen molar-refractivity contribution in [3.05, 3.63) is 69.5 Å². The molecule has 0 aliphatic rings. The van der Waals surface area contributed by atoms with E-state index in [4.69, 9.17) is 5.26 Å². The van der Waals surface area contributed by atoms with Crippen molar-refractivity contribution in [3.8, 4) is 6.07 Å². The van der Waals surface area contributed by atoms with E-state index in [1.54, 1.807) is 6.07 Å². The van der Waals surface area contributed by atoms with E-state index in [0.29, 0.717) is 6.07 Å². The Bertz CT molecular complexity index is 1220. The molecule has 11 heteroatoms. The first-order valence-electron chi connectivity index (χ1n) is 8.08. The fraction of sp³-hybridized carbons (Fsp3) is 0.167. The lowest BCUT2D eigenvalue weighted by Gasteiger charge is -2.19. The number of fused-ring (bicyclic) bond motifs is 1. The van der Waals surface area contributed by atoms with Crippen molar-refractivity contribution in [1.29, 1.82) is 5.26 Å². The van der Waals surface area contributed by atoms with Crippen molar-refractivity contribution in [3.63, 3.8) is 0 Å². The molecule has 7 nitrogen and oxygen atoms in total. The minimum absolute atomic E-state index is 0.0358. The highest BCUT2D eigenvalue weighted by molar-refractivity contribution is 5.87. The number of carbonyl (C=O) groups is 1. The molecule has 3 aromatic rings. The van der Waals surface area contributed by atoms with Crippen LogP contribution in [0.1, 0.15) is 30.0 Å². The highest BCUT2D eigenvalue weighted by Crippen LogP contribution is 2.29. The Kier molecular flexibility index (Phi) is 5.02. The predicted octanol–water partition coefficient (Wildman–Crippen LogP) is 2.44. The van der Waals surface area contributed by atoms with Crippen LogP contribution in [-0.4, -0.2) is 20.9 Å². The molecule has 0 spiro atoms. The lowest BCUT2D eigenvalue weighted by molar-refractivity contribution is -0.148. The van der Waals surface area contributed by atoms with Gasteiger partial charge in [-0.1, -0.05) is 0 Å². The van der Waals surface area contributed by atoms with E-state index in [2.05, 4.69) is 9.97 Å². The first-order chi connectivity index (χ1) is 13.6. The van der Waals surface area contributed by atoms with Gasteiger partial charge >= 0.3 is 5.92 Å². The average Bonchev–Trinajstić information content (AvgIpc) is 2.70. The summed E-state index contributed by atoms with van der Waals surface area (Å²) in [6.07, 6.45) is 1.22. The fourth-order valence-electron chi connectivity index (χ4n) is 2.57. The van der Waals surface area contributed by atoms with Crippen LogP contribution >= 0.6 is 0 Å². The molecule has 2 heterocycles. The van der Waals surface area contributed by atoms with Gasteiger partial charge in [-0.3, -0.25) is 9.59 Å². The number of rotatable bonds is 4. The molecule has 1 atom stereocenters. The summed E-state index contributed by atoms with van der Waals surface area (Å²) in [5.41, 5.74) is -2.93. The number of amides is 1. The second-order valence-electron chi connectivity index (χ2n) is 6.02. The van der Waals surface area contributed by atoms with Crippen molar-refractivity contribution in [1.82, 2.24) is 20.3 Å². The van der Waals surface area contributed by atoms with Crippen molar-refractivity contribution in [2.75, 3.05) is 0 Å². The third-order valence-electron chi connectivity index (χ3n) is 4.06. The highest BCUT2D eigenvalue weighted by Gasteiger charge is 2.44. The van der Waals surface area contributed by atoms with Gasteiger partial charge in [0.05, 0.1) is 17.1 Å². The van der Waals surface area contributed by atoms with Crippen LogP contribution in [0.25, 0.3) is 10.9 Å². The van der Waals surface area contributed by atoms with Gasteiger partial charge in [0.15, 0.2) is 17.5 Å². The van der Waals surface area contributed by atoms with Gasteiger partial charge in [0, 0.05) is 11.6 Å². The zero-order valence-corrected chi connectivity index (χ0v) is 14.6. The third kappa shape index (κ3) is 3.64. The number of pyridine rings is 1. The maximum atomic E-state index is 14.7. The summed E-state index contributed by atoms with van der Waals surface area (Å²) < 4.78 is 56.6. The fourth-order valence-corrected chi connectivity index (χ4v) is 2.57. The first kappa shape index (κ1) is 19.9. The van der Waals surface area contributed by atoms with Crippen LogP contribution in [0.2, 0.25) is 0 Å². The summed E-state index contributed by atoms with van der Waals surface area (Å²) in [7, 11) is 0. The molecule has 0 aliphatic heterocycles. The molecule has 0 bridgehead atoms. The molecule has 1 unspecified atom stereocenters. The molecule has 3 rings (SSSR count). The van der Waals surface area contributed by atoms with Crippen LogP contribution < -0.4 is 10.9 Å². The van der Waals surface area contributed by atoms with Gasteiger partial charge in [0.25, 0.3) is 11.5 Å². The molecule has 0 radical (unpaired) electrons. The molecule has 0 saturated carbocycles. The number of carbonyl (C=O) groups excluding carboxylic acids is 1. The number of aromatic nitrogens is 3. The van der Waals surface area contributed by atoms with Crippen molar-refractivity contribution < 1.29 is 22.4 Å². The maximum absolute atomic E-state index is 14.7. The van der Waals surface area contributed by atoms with E-state index in [1.165, 1.54) is 19.2 Å². The minimum atomic E-state index is -4.37. The summed E-state index contributed by atoms with van der Waals surface area (Å²) in [6.45, 7) is 1.30. The first-order valence-corrected chi connectivity index (χ1v) is 8.08. The standard InChI is InChI=1S/C18H11F4N5O2/c1-8(15-24-5-4-9(7-23)26-15)25-17(29)18(21,22)11-6-10-13(27-16(11)28)3-2-12(19)14(10)20/h2-6,8H,1H3,(H,25,29)(H,27,28). The minimum Gasteiger partial charge on any atom is -0.341 e. The smallest absolute Gasteiger partial charge is 0.341 e. The lowest BCUT2D eigenvalue weighted by Crippen LogP contribution is -2.42. The highest BCUT2D eigenvalue weighted by atomic mass is 19.3. The number of nitrogens with one attached hydrogen (secondary N) is 2. The van der Waals surface area contributed by atoms with Crippen LogP contribution in [0.3, 0.4) is 0 Å². The lowest BCUT2D eigenvalue weighted by atomic mass is 10.1. The molecule has 148 valence electrons. The Hall–Kier alpha value is -3.81. The normalized spacial score (nSPS) is 12.4. The van der Waals surface area contributed by atoms with Gasteiger partial charge in [-0.15, -0.1) is 0 Å². The Morgan fingerprint density at radius 2 is 2.03 bits per heavy atom. The molecular weight excluding hydrogens is 394 g/mol. The average molecular weight is 405 g/mol. The monoisotopic (exact) mass is 405 g/mol. The van der Waals surface area contributed by atoms with Crippen LogP contribution in [-0.2, 0) is 10.7 Å². The summed E-state index contributed by atoms with van der Waals surface area (Å²) in [5.74, 6) is -9.09. The molecule has 1 aromatic carbocycles. The Morgan fingerprint density at radius 3 is 2.72 bits per heavy atom. The number of aromatic amines is 1. The number of nitrogens with zero attached hydrogens (tertiary/aromatic N) is 3. The largest absolute Gasteiger partial charge is 0.355 e. The van der Waals surface area contributed by atoms with Crippen molar-refractivity contribution in [2.45, 2.75) is 18.9 Å². The predicted molar refractivity (Wildman–Crippen MR) is 91.7 cm³/mol. The number of halogens is 4. The van der Waals surface area contributed by atoms with Gasteiger partial charge in [-0.05, 0) is 31.2 Å². The van der Waals surface area contributed by atoms with Crippen molar-refractivity contribution >= 4 is 16.8 Å². The number of hydrogen-bond donors (Lipinski definition) is 2. The summed E-state index contributed by atoms with van der Waals surface area (Å²) in [4.78, 5) is 33.8. The number of benzene rings is 1. The van der Waals surface area contributed by atoms with E-state index in [1.807, 2.05) is 10.3 Å². The van der Waals surface area contributed by atoms with Crippen LogP contribution in [0.4, 0.5) is 17.6 Å². The molecule has 0 fully saturated rings. The second-order valence-corrected chi connectivity index (χ2v) is 6.02. The van der Waals surface area contributed by atoms with E-state index in [0.717, 1.165) is 12.1 Å². The van der Waals surface area contributed by atoms with Gasteiger partial charge in [0.1, 0.15) is 11.8 Å². The third-order valence-corrected chi connectivity index (χ3v) is 4.06. The van der Waals surface area contributed by atoms with Crippen LogP contribution in [0.5, 0.6) is 0 Å². The van der Waals surface area contributed by atoms with Gasteiger partial charge in [-0.25, -0.2) is 18.7 Å². The van der Waals surface area contributed by atoms with Gasteiger partial charge in [0.2, 0.25) is 0 Å². The second kappa shape index (κ2) is 7.31. The molecule has 0 aliphatic carbocycles. The zero-order chi connectivity index (χ0) is 21.3. The van der Waals surface area contributed by atoms with E-state index in [-0.39, 0.29) is 17.0 Å². The van der Waals surface area contributed by atoms with E-state index >= 15 is 0 Å². The van der Waals surface area contributed by atoms with E-state index < -0.39 is 46.0 Å². The molecule has 29 heavy (non-hydrogen) atoms. The zero-order valence-electron chi connectivity index (χ0n) is 14.6. The van der Waals surface area contributed by atoms with Gasteiger partial charge < -0.3 is 10.3 Å². The summed E-state index contributed by atoms with van der Waals surface area (Å²) in [6, 6.07) is 4.08. The quantitative estimate of drug-likeness (QED) is 0.648. The topological polar surface area (TPSA) is 112 Å². The molecule has 1 amide bonds. The van der Waals surface area contributed by atoms with Crippen LogP contribution in [0, 0.1) is 23.0 Å². The SMILES string of the molecule is CC(NC(=O)C(F)(F)c1cc2c(F)c(F)ccc2[nH]c1=O)c1nccc(C#N)n1. The Labute approximate surface area is 160 Å². The number of nitriles is 1. The maximum Gasteiger partial charge on any atom is 0.355 e. The number of hydrogen-bond acceptors (Lipinski definition) is 5. The molecule has 2 N–H and O–H groups in total. The Morgan fingerprint density at radius 1 is 1.31 bits per heavy atom. The van der Waals surface area contributed by atoms with E-state index in [9.17, 15) is 27.2 Å². The molecule has 2 aromatic heterocycles. The van der Waals surface area contributed by atoms with Crippen molar-refractivity contribution in [2.24, 2.45) is 0 Å². The molecule has 0 saturated heterocycles. The van der Waals surface area contributed by atoms with Crippen LogP contribution in [0.15, 0.2) is 35.3 Å². The van der Waals surface area contributed by atoms with Gasteiger partial charge in [-0.2, -0.15) is 14.0 Å². The number of H-pyrrole nitrogens is 1. The summed E-state index contributed by atoms with van der Waals surface area (Å²) in [5, 5.41) is 10.2. The number of alkyl halides is 2. The Balaban J connectivity index is 1.96. The summed E-state index contributed by atoms with van der Waals surface area (Å²) >= 11 is 0.